The van der Waals surface area contributed by atoms with Gasteiger partial charge in [-0.25, -0.2) is 8.42 Å². The summed E-state index contributed by atoms with van der Waals surface area (Å²) in [4.78, 5) is 29.2. The summed E-state index contributed by atoms with van der Waals surface area (Å²) in [5.41, 5.74) is 3.92. The first-order valence-electron chi connectivity index (χ1n) is 14.4. The summed E-state index contributed by atoms with van der Waals surface area (Å²) < 4.78 is 26.9. The third-order valence-electron chi connectivity index (χ3n) is 7.10. The predicted molar refractivity (Wildman–Crippen MR) is 176 cm³/mol. The summed E-state index contributed by atoms with van der Waals surface area (Å²) in [6, 6.07) is 19.4. The second-order valence-electron chi connectivity index (χ2n) is 11.3. The van der Waals surface area contributed by atoms with E-state index in [1.54, 1.807) is 23.1 Å². The second-order valence-corrected chi connectivity index (χ2v) is 14.1. The summed E-state index contributed by atoms with van der Waals surface area (Å²) in [5, 5.41) is 3.86. The van der Waals surface area contributed by atoms with Crippen molar-refractivity contribution in [2.75, 3.05) is 23.7 Å². The van der Waals surface area contributed by atoms with Crippen molar-refractivity contribution >= 4 is 50.7 Å². The van der Waals surface area contributed by atoms with Crippen LogP contribution in [-0.4, -0.2) is 50.5 Å². The van der Waals surface area contributed by atoms with E-state index in [2.05, 4.69) is 5.32 Å². The number of sulfonamides is 1. The van der Waals surface area contributed by atoms with Crippen molar-refractivity contribution in [1.82, 2.24) is 10.2 Å². The average Bonchev–Trinajstić information content (AvgIpc) is 2.94. The maximum absolute atomic E-state index is 14.0. The standard InChI is InChI=1S/C33H41Cl2N3O4S/c1-23(2)21-36-33(40)31(19-26-10-7-6-8-11-26)37(22-27-15-16-28(34)20-29(27)35)32(39)12-9-17-38(43(5,41)42)30-18-24(3)13-14-25(30)4/h6-8,10-11,13-16,18,20,23,31H,9,12,17,19,21-22H2,1-5H3,(H,36,40). The van der Waals surface area contributed by atoms with Gasteiger partial charge in [-0.3, -0.25) is 13.9 Å². The fourth-order valence-corrected chi connectivity index (χ4v) is 6.26. The van der Waals surface area contributed by atoms with E-state index in [-0.39, 0.29) is 43.7 Å². The van der Waals surface area contributed by atoms with E-state index in [9.17, 15) is 18.0 Å². The van der Waals surface area contributed by atoms with Gasteiger partial charge in [-0.2, -0.15) is 0 Å². The summed E-state index contributed by atoms with van der Waals surface area (Å²) in [6.45, 7) is 8.46. The van der Waals surface area contributed by atoms with Crippen molar-refractivity contribution < 1.29 is 18.0 Å². The summed E-state index contributed by atoms with van der Waals surface area (Å²) in [5.74, 6) is -0.312. The first-order chi connectivity index (χ1) is 20.3. The monoisotopic (exact) mass is 645 g/mol. The third kappa shape index (κ3) is 10.3. The highest BCUT2D eigenvalue weighted by molar-refractivity contribution is 7.92. The van der Waals surface area contributed by atoms with Crippen LogP contribution in [0.15, 0.2) is 66.7 Å². The van der Waals surface area contributed by atoms with Crippen molar-refractivity contribution in [3.8, 4) is 0 Å². The number of amides is 2. The summed E-state index contributed by atoms with van der Waals surface area (Å²) >= 11 is 12.7. The summed E-state index contributed by atoms with van der Waals surface area (Å²) in [7, 11) is -3.61. The molecule has 10 heteroatoms. The van der Waals surface area contributed by atoms with Crippen LogP contribution >= 0.6 is 23.2 Å². The lowest BCUT2D eigenvalue weighted by Crippen LogP contribution is -2.51. The molecule has 3 aromatic rings. The Kier molecular flexibility index (Phi) is 12.5. The van der Waals surface area contributed by atoms with Gasteiger partial charge in [-0.15, -0.1) is 0 Å². The Bertz CT molecular complexity index is 1510. The van der Waals surface area contributed by atoms with E-state index < -0.39 is 16.1 Å². The molecule has 0 saturated heterocycles. The number of carbonyl (C=O) groups excluding carboxylic acids is 2. The van der Waals surface area contributed by atoms with E-state index in [0.29, 0.717) is 34.3 Å². The maximum atomic E-state index is 14.0. The molecule has 0 aliphatic carbocycles. The van der Waals surface area contributed by atoms with Gasteiger partial charge in [0.1, 0.15) is 6.04 Å². The molecule has 0 heterocycles. The Balaban J connectivity index is 1.93. The molecule has 1 unspecified atom stereocenters. The molecule has 0 radical (unpaired) electrons. The molecule has 232 valence electrons. The van der Waals surface area contributed by atoms with Crippen LogP contribution in [0.2, 0.25) is 10.0 Å². The van der Waals surface area contributed by atoms with Gasteiger partial charge in [0.15, 0.2) is 0 Å². The van der Waals surface area contributed by atoms with Gasteiger partial charge in [0.25, 0.3) is 0 Å². The van der Waals surface area contributed by atoms with E-state index in [0.717, 1.165) is 16.7 Å². The molecule has 0 bridgehead atoms. The molecule has 0 aliphatic heterocycles. The van der Waals surface area contributed by atoms with Crippen molar-refractivity contribution in [1.29, 1.82) is 0 Å². The fourth-order valence-electron chi connectivity index (χ4n) is 4.78. The van der Waals surface area contributed by atoms with Crippen molar-refractivity contribution in [2.24, 2.45) is 5.92 Å². The minimum atomic E-state index is -3.61. The molecule has 0 aliphatic rings. The number of carbonyl (C=O) groups is 2. The van der Waals surface area contributed by atoms with E-state index >= 15 is 0 Å². The van der Waals surface area contributed by atoms with Crippen LogP contribution < -0.4 is 9.62 Å². The Hall–Kier alpha value is -3.07. The highest BCUT2D eigenvalue weighted by atomic mass is 35.5. The smallest absolute Gasteiger partial charge is 0.243 e. The van der Waals surface area contributed by atoms with Gasteiger partial charge in [-0.1, -0.05) is 85.6 Å². The molecule has 7 nitrogen and oxygen atoms in total. The predicted octanol–water partition coefficient (Wildman–Crippen LogP) is 6.57. The normalized spacial score (nSPS) is 12.2. The van der Waals surface area contributed by atoms with Crippen LogP contribution in [0.3, 0.4) is 0 Å². The first kappa shape index (κ1) is 34.4. The number of aryl methyl sites for hydroxylation is 2. The van der Waals surface area contributed by atoms with Gasteiger partial charge < -0.3 is 10.2 Å². The number of rotatable bonds is 14. The molecule has 43 heavy (non-hydrogen) atoms. The quantitative estimate of drug-likeness (QED) is 0.215. The number of hydrogen-bond donors (Lipinski definition) is 1. The highest BCUT2D eigenvalue weighted by Gasteiger charge is 2.31. The second kappa shape index (κ2) is 15.6. The molecule has 0 fully saturated rings. The SMILES string of the molecule is Cc1ccc(C)c(N(CCCC(=O)N(Cc2ccc(Cl)cc2Cl)C(Cc2ccccc2)C(=O)NCC(C)C)S(C)(=O)=O)c1. The third-order valence-corrected chi connectivity index (χ3v) is 8.86. The van der Waals surface area contributed by atoms with E-state index in [1.165, 1.54) is 10.6 Å². The number of nitrogens with zero attached hydrogens (tertiary/aromatic N) is 2. The molecule has 1 N–H and O–H groups in total. The van der Waals surface area contributed by atoms with Crippen molar-refractivity contribution in [3.05, 3.63) is 99.0 Å². The molecule has 1 atom stereocenters. The van der Waals surface area contributed by atoms with Gasteiger partial charge in [-0.05, 0) is 66.6 Å². The molecule has 3 rings (SSSR count). The van der Waals surface area contributed by atoms with Gasteiger partial charge in [0.05, 0.1) is 11.9 Å². The van der Waals surface area contributed by atoms with Crippen LogP contribution in [0, 0.1) is 19.8 Å². The van der Waals surface area contributed by atoms with E-state index in [4.69, 9.17) is 23.2 Å². The number of benzene rings is 3. The first-order valence-corrected chi connectivity index (χ1v) is 17.0. The number of hydrogen-bond acceptors (Lipinski definition) is 4. The lowest BCUT2D eigenvalue weighted by atomic mass is 10.0. The molecule has 0 saturated carbocycles. The Labute approximate surface area is 266 Å². The van der Waals surface area contributed by atoms with Gasteiger partial charge >= 0.3 is 0 Å². The van der Waals surface area contributed by atoms with Gasteiger partial charge in [0, 0.05) is 42.5 Å². The van der Waals surface area contributed by atoms with Gasteiger partial charge in [0.2, 0.25) is 21.8 Å². The Morgan fingerprint density at radius 3 is 2.28 bits per heavy atom. The van der Waals surface area contributed by atoms with Crippen LogP contribution in [0.25, 0.3) is 0 Å². The van der Waals surface area contributed by atoms with Crippen LogP contribution in [0.5, 0.6) is 0 Å². The molecule has 2 amide bonds. The average molecular weight is 647 g/mol. The molecular weight excluding hydrogens is 605 g/mol. The van der Waals surface area contributed by atoms with Crippen LogP contribution in [0.4, 0.5) is 5.69 Å². The zero-order valence-electron chi connectivity index (χ0n) is 25.4. The fraction of sp³-hybridized carbons (Fsp3) is 0.394. The zero-order chi connectivity index (χ0) is 31.7. The van der Waals surface area contributed by atoms with Crippen LogP contribution in [0.1, 0.15) is 48.9 Å². The number of nitrogens with one attached hydrogen (secondary N) is 1. The number of halogens is 2. The minimum absolute atomic E-state index is 0.0326. The molecule has 0 spiro atoms. The topological polar surface area (TPSA) is 86.8 Å². The lowest BCUT2D eigenvalue weighted by molar-refractivity contribution is -0.141. The van der Waals surface area contributed by atoms with E-state index in [1.807, 2.05) is 76.2 Å². The summed E-state index contributed by atoms with van der Waals surface area (Å²) in [6.07, 6.45) is 1.76. The Morgan fingerprint density at radius 1 is 0.953 bits per heavy atom. The zero-order valence-corrected chi connectivity index (χ0v) is 27.8. The van der Waals surface area contributed by atoms with Crippen molar-refractivity contribution in [2.45, 2.75) is 59.5 Å². The number of anilines is 1. The van der Waals surface area contributed by atoms with Crippen LogP contribution in [-0.2, 0) is 32.6 Å². The Morgan fingerprint density at radius 2 is 1.65 bits per heavy atom. The molecule has 0 aromatic heterocycles. The highest BCUT2D eigenvalue weighted by Crippen LogP contribution is 2.26. The minimum Gasteiger partial charge on any atom is -0.354 e. The molecular formula is C33H41Cl2N3O4S. The maximum Gasteiger partial charge on any atom is 0.243 e. The molecule has 3 aromatic carbocycles. The lowest BCUT2D eigenvalue weighted by Gasteiger charge is -2.32. The largest absolute Gasteiger partial charge is 0.354 e. The van der Waals surface area contributed by atoms with Crippen molar-refractivity contribution in [3.63, 3.8) is 0 Å².